The highest BCUT2D eigenvalue weighted by molar-refractivity contribution is 14.0. The number of unbranched alkanes of at least 4 members (excludes halogenated alkanes) is 1. The van der Waals surface area contributed by atoms with E-state index >= 15 is 0 Å². The highest BCUT2D eigenvalue weighted by Crippen LogP contribution is 2.29. The summed E-state index contributed by atoms with van der Waals surface area (Å²) in [4.78, 5) is 7.98. The van der Waals surface area contributed by atoms with Crippen LogP contribution in [0.4, 0.5) is 13.2 Å². The Balaban J connectivity index is 0.00000729. The van der Waals surface area contributed by atoms with Crippen LogP contribution in [-0.2, 0) is 22.1 Å². The maximum atomic E-state index is 12.5. The maximum Gasteiger partial charge on any atom is 0.434 e. The summed E-state index contributed by atoms with van der Waals surface area (Å²) >= 11 is 1.01. The minimum atomic E-state index is -4.39. The summed E-state index contributed by atoms with van der Waals surface area (Å²) in [5.41, 5.74) is -0.834. The molecule has 1 aromatic rings. The molecule has 0 aliphatic rings. The Bertz CT molecular complexity index is 545. The van der Waals surface area contributed by atoms with Gasteiger partial charge in [0.1, 0.15) is 0 Å². The van der Waals surface area contributed by atoms with Gasteiger partial charge in [0.2, 0.25) is 0 Å². The first-order valence-electron chi connectivity index (χ1n) is 9.16. The van der Waals surface area contributed by atoms with Crippen molar-refractivity contribution in [3.8, 4) is 0 Å². The van der Waals surface area contributed by atoms with Crippen molar-refractivity contribution >= 4 is 41.3 Å². The fourth-order valence-electron chi connectivity index (χ4n) is 1.98. The number of guanidine groups is 1. The van der Waals surface area contributed by atoms with Crippen molar-refractivity contribution < 1.29 is 22.6 Å². The average molecular weight is 538 g/mol. The summed E-state index contributed by atoms with van der Waals surface area (Å²) in [6.45, 7) is 8.04. The fraction of sp³-hybridized carbons (Fsp3) is 0.765. The molecule has 0 bridgehead atoms. The number of nitrogens with zero attached hydrogens (tertiary/aromatic N) is 2. The van der Waals surface area contributed by atoms with E-state index in [0.717, 1.165) is 36.2 Å². The molecule has 164 valence electrons. The lowest BCUT2D eigenvalue weighted by atomic mass is 10.4. The molecule has 1 rings (SSSR count). The normalized spacial score (nSPS) is 12.0. The zero-order valence-electron chi connectivity index (χ0n) is 16.3. The monoisotopic (exact) mass is 538 g/mol. The maximum absolute atomic E-state index is 12.5. The Labute approximate surface area is 185 Å². The number of thiazole rings is 1. The minimum Gasteiger partial charge on any atom is -0.379 e. The number of alkyl halides is 3. The van der Waals surface area contributed by atoms with Crippen LogP contribution in [0.3, 0.4) is 0 Å². The molecule has 0 amide bonds. The molecule has 2 N–H and O–H groups in total. The third kappa shape index (κ3) is 12.7. The largest absolute Gasteiger partial charge is 0.434 e. The highest BCUT2D eigenvalue weighted by atomic mass is 127. The summed E-state index contributed by atoms with van der Waals surface area (Å²) in [7, 11) is 0. The first-order valence-corrected chi connectivity index (χ1v) is 10.0. The van der Waals surface area contributed by atoms with Crippen molar-refractivity contribution in [2.24, 2.45) is 4.99 Å². The van der Waals surface area contributed by atoms with Gasteiger partial charge in [-0.1, -0.05) is 13.3 Å². The van der Waals surface area contributed by atoms with Crippen LogP contribution in [0.15, 0.2) is 10.4 Å². The molecule has 0 aromatic carbocycles. The van der Waals surface area contributed by atoms with Crippen LogP contribution in [-0.4, -0.2) is 57.0 Å². The van der Waals surface area contributed by atoms with Gasteiger partial charge in [-0.05, 0) is 13.3 Å². The van der Waals surface area contributed by atoms with E-state index < -0.39 is 11.9 Å². The van der Waals surface area contributed by atoms with Crippen LogP contribution in [0.1, 0.15) is 37.4 Å². The fourth-order valence-corrected chi connectivity index (χ4v) is 2.78. The molecule has 1 aromatic heterocycles. The van der Waals surface area contributed by atoms with E-state index in [1.807, 2.05) is 6.92 Å². The summed E-state index contributed by atoms with van der Waals surface area (Å²) in [5, 5.41) is 7.65. The molecule has 0 fully saturated rings. The topological polar surface area (TPSA) is 67.8 Å². The summed E-state index contributed by atoms with van der Waals surface area (Å²) in [5.74, 6) is 0.605. The molecule has 0 spiro atoms. The number of hydrogen-bond acceptors (Lipinski definition) is 5. The molecular weight excluding hydrogens is 508 g/mol. The first-order chi connectivity index (χ1) is 13.0. The van der Waals surface area contributed by atoms with Gasteiger partial charge >= 0.3 is 6.18 Å². The van der Waals surface area contributed by atoms with Crippen molar-refractivity contribution in [3.05, 3.63) is 16.1 Å². The standard InChI is InChI=1S/C17H29F3N4O2S.HI/c1-3-5-9-25-11-12-26-10-8-23-16(21-4-2)22-7-6-15-24-14(13-27-15)17(18,19)20;/h13H,3-12H2,1-2H3,(H2,21,22,23);1H. The second-order valence-electron chi connectivity index (χ2n) is 5.64. The van der Waals surface area contributed by atoms with E-state index in [2.05, 4.69) is 27.5 Å². The Morgan fingerprint density at radius 3 is 2.46 bits per heavy atom. The van der Waals surface area contributed by atoms with Gasteiger partial charge in [0, 0.05) is 31.5 Å². The van der Waals surface area contributed by atoms with E-state index in [4.69, 9.17) is 9.47 Å². The summed E-state index contributed by atoms with van der Waals surface area (Å²) in [6, 6.07) is 0. The van der Waals surface area contributed by atoms with Crippen molar-refractivity contribution in [1.29, 1.82) is 0 Å². The number of aliphatic imine (C=N–C) groups is 1. The quantitative estimate of drug-likeness (QED) is 0.174. The van der Waals surface area contributed by atoms with E-state index in [1.54, 1.807) is 0 Å². The molecule has 28 heavy (non-hydrogen) atoms. The molecule has 0 unspecified atom stereocenters. The van der Waals surface area contributed by atoms with Gasteiger partial charge in [0.25, 0.3) is 0 Å². The van der Waals surface area contributed by atoms with Gasteiger partial charge in [-0.25, -0.2) is 4.98 Å². The number of rotatable bonds is 13. The molecule has 0 aliphatic carbocycles. The Morgan fingerprint density at radius 2 is 1.86 bits per heavy atom. The number of halogens is 4. The van der Waals surface area contributed by atoms with E-state index in [0.29, 0.717) is 56.8 Å². The molecule has 0 atom stereocenters. The smallest absolute Gasteiger partial charge is 0.379 e. The van der Waals surface area contributed by atoms with Gasteiger partial charge < -0.3 is 20.1 Å². The molecule has 1 heterocycles. The molecule has 0 radical (unpaired) electrons. The Kier molecular flexibility index (Phi) is 15.8. The second kappa shape index (κ2) is 16.2. The predicted molar refractivity (Wildman–Crippen MR) is 117 cm³/mol. The van der Waals surface area contributed by atoms with Gasteiger partial charge in [-0.2, -0.15) is 13.2 Å². The summed E-state index contributed by atoms with van der Waals surface area (Å²) in [6.07, 6.45) is -1.82. The molecule has 0 aliphatic heterocycles. The molecule has 6 nitrogen and oxygen atoms in total. The van der Waals surface area contributed by atoms with Crippen LogP contribution in [0.25, 0.3) is 0 Å². The lowest BCUT2D eigenvalue weighted by Crippen LogP contribution is -2.38. The van der Waals surface area contributed by atoms with Crippen LogP contribution in [0.5, 0.6) is 0 Å². The molecule has 0 saturated carbocycles. The Hall–Kier alpha value is -0.660. The summed E-state index contributed by atoms with van der Waals surface area (Å²) < 4.78 is 48.5. The Morgan fingerprint density at radius 1 is 1.14 bits per heavy atom. The second-order valence-corrected chi connectivity index (χ2v) is 6.58. The lowest BCUT2D eigenvalue weighted by molar-refractivity contribution is -0.140. The van der Waals surface area contributed by atoms with Crippen molar-refractivity contribution in [3.63, 3.8) is 0 Å². The van der Waals surface area contributed by atoms with Gasteiger partial charge in [-0.15, -0.1) is 35.3 Å². The van der Waals surface area contributed by atoms with E-state index in [9.17, 15) is 13.2 Å². The minimum absolute atomic E-state index is 0. The zero-order valence-corrected chi connectivity index (χ0v) is 19.5. The van der Waals surface area contributed by atoms with E-state index in [-0.39, 0.29) is 24.0 Å². The van der Waals surface area contributed by atoms with Gasteiger partial charge in [0.15, 0.2) is 11.7 Å². The van der Waals surface area contributed by atoms with Crippen LogP contribution < -0.4 is 10.6 Å². The number of hydrogen-bond donors (Lipinski definition) is 2. The third-order valence-electron chi connectivity index (χ3n) is 3.34. The van der Waals surface area contributed by atoms with Crippen molar-refractivity contribution in [2.75, 3.05) is 46.1 Å². The number of aromatic nitrogens is 1. The molecule has 11 heteroatoms. The van der Waals surface area contributed by atoms with E-state index in [1.165, 1.54) is 0 Å². The van der Waals surface area contributed by atoms with Crippen molar-refractivity contribution in [1.82, 2.24) is 15.6 Å². The van der Waals surface area contributed by atoms with Crippen LogP contribution >= 0.6 is 35.3 Å². The first kappa shape index (κ1) is 27.3. The predicted octanol–water partition coefficient (Wildman–Crippen LogP) is 3.71. The number of nitrogens with one attached hydrogen (secondary N) is 2. The lowest BCUT2D eigenvalue weighted by Gasteiger charge is -2.10. The van der Waals surface area contributed by atoms with Crippen LogP contribution in [0, 0.1) is 0 Å². The highest BCUT2D eigenvalue weighted by Gasteiger charge is 2.33. The molecular formula is C17H30F3IN4O2S. The zero-order chi connectivity index (χ0) is 20.0. The SMILES string of the molecule is CCCCOCCOCCN=C(NCC)NCCc1nc(C(F)(F)F)cs1.I. The van der Waals surface area contributed by atoms with Gasteiger partial charge in [0.05, 0.1) is 31.4 Å². The van der Waals surface area contributed by atoms with Crippen molar-refractivity contribution in [2.45, 2.75) is 39.3 Å². The molecule has 0 saturated heterocycles. The van der Waals surface area contributed by atoms with Gasteiger partial charge in [-0.3, -0.25) is 4.99 Å². The average Bonchev–Trinajstić information content (AvgIpc) is 3.09. The van der Waals surface area contributed by atoms with Crippen LogP contribution in [0.2, 0.25) is 0 Å². The number of ether oxygens (including phenoxy) is 2. The third-order valence-corrected chi connectivity index (χ3v) is 4.25.